The molecular weight excluding hydrogens is 230 g/mol. The third-order valence-electron chi connectivity index (χ3n) is 3.95. The van der Waals surface area contributed by atoms with Crippen LogP contribution in [0.25, 0.3) is 0 Å². The van der Waals surface area contributed by atoms with Crippen molar-refractivity contribution in [3.05, 3.63) is 0 Å². The van der Waals surface area contributed by atoms with Crippen molar-refractivity contribution in [3.63, 3.8) is 0 Å². The van der Waals surface area contributed by atoms with Crippen molar-refractivity contribution in [1.29, 1.82) is 0 Å². The molecule has 0 bridgehead atoms. The Morgan fingerprint density at radius 1 is 0.944 bits per heavy atom. The van der Waals surface area contributed by atoms with Gasteiger partial charge in [0.1, 0.15) is 0 Å². The average molecular weight is 253 g/mol. The van der Waals surface area contributed by atoms with E-state index in [1.54, 1.807) is 19.0 Å². The van der Waals surface area contributed by atoms with Gasteiger partial charge in [-0.15, -0.1) is 0 Å². The van der Waals surface area contributed by atoms with E-state index in [0.717, 1.165) is 12.8 Å². The molecule has 0 radical (unpaired) electrons. The van der Waals surface area contributed by atoms with E-state index in [2.05, 4.69) is 0 Å². The third-order valence-corrected chi connectivity index (χ3v) is 3.95. The summed E-state index contributed by atoms with van der Waals surface area (Å²) < 4.78 is 0. The minimum atomic E-state index is 0.0444. The first-order valence-electron chi connectivity index (χ1n) is 6.84. The Balaban J connectivity index is 1.82. The summed E-state index contributed by atoms with van der Waals surface area (Å²) in [4.78, 5) is 29.4. The lowest BCUT2D eigenvalue weighted by molar-refractivity contribution is -0.136. The number of piperazine rings is 1. The topological polar surface area (TPSA) is 43.9 Å². The van der Waals surface area contributed by atoms with E-state index in [1.165, 1.54) is 12.8 Å². The van der Waals surface area contributed by atoms with E-state index in [1.807, 2.05) is 9.80 Å². The highest BCUT2D eigenvalue weighted by molar-refractivity contribution is 5.80. The van der Waals surface area contributed by atoms with Crippen LogP contribution in [0.15, 0.2) is 0 Å². The molecule has 5 nitrogen and oxygen atoms in total. The van der Waals surface area contributed by atoms with Crippen LogP contribution in [0.1, 0.15) is 25.7 Å². The zero-order valence-electron chi connectivity index (χ0n) is 11.4. The van der Waals surface area contributed by atoms with Crippen LogP contribution in [0.4, 0.5) is 4.79 Å². The molecule has 0 N–H and O–H groups in total. The summed E-state index contributed by atoms with van der Waals surface area (Å²) in [5.41, 5.74) is 0. The maximum Gasteiger partial charge on any atom is 0.319 e. The van der Waals surface area contributed by atoms with Crippen molar-refractivity contribution in [1.82, 2.24) is 14.7 Å². The molecule has 102 valence electrons. The molecule has 1 heterocycles. The Bertz CT molecular complexity index is 316. The number of amides is 3. The van der Waals surface area contributed by atoms with Gasteiger partial charge in [0.05, 0.1) is 0 Å². The Hall–Kier alpha value is -1.26. The van der Waals surface area contributed by atoms with Crippen LogP contribution in [-0.4, -0.2) is 66.9 Å². The highest BCUT2D eigenvalue weighted by atomic mass is 16.2. The Morgan fingerprint density at radius 2 is 1.44 bits per heavy atom. The number of hydrogen-bond donors (Lipinski definition) is 0. The predicted octanol–water partition coefficient (Wildman–Crippen LogP) is 1.00. The van der Waals surface area contributed by atoms with Crippen molar-refractivity contribution in [3.8, 4) is 0 Å². The molecule has 18 heavy (non-hydrogen) atoms. The fraction of sp³-hybridized carbons (Fsp3) is 0.846. The molecule has 2 rings (SSSR count). The summed E-state index contributed by atoms with van der Waals surface area (Å²) >= 11 is 0. The maximum absolute atomic E-state index is 12.2. The number of rotatable bonds is 1. The SMILES string of the molecule is CN(C)C(=O)N1CCN(C(=O)C2CCCC2)CC1. The first kappa shape index (κ1) is 13.2. The van der Waals surface area contributed by atoms with Gasteiger partial charge in [0.2, 0.25) is 5.91 Å². The molecule has 1 aliphatic heterocycles. The molecule has 0 aromatic rings. The highest BCUT2D eigenvalue weighted by Gasteiger charge is 2.30. The lowest BCUT2D eigenvalue weighted by atomic mass is 10.1. The highest BCUT2D eigenvalue weighted by Crippen LogP contribution is 2.26. The van der Waals surface area contributed by atoms with Crippen molar-refractivity contribution in [2.45, 2.75) is 25.7 Å². The normalized spacial score (nSPS) is 21.2. The van der Waals surface area contributed by atoms with E-state index in [-0.39, 0.29) is 11.9 Å². The molecule has 0 aromatic carbocycles. The Labute approximate surface area is 109 Å². The lowest BCUT2D eigenvalue weighted by Gasteiger charge is -2.37. The van der Waals surface area contributed by atoms with Crippen LogP contribution in [0, 0.1) is 5.92 Å². The van der Waals surface area contributed by atoms with Gasteiger partial charge in [0, 0.05) is 46.2 Å². The largest absolute Gasteiger partial charge is 0.339 e. The minimum absolute atomic E-state index is 0.0444. The average Bonchev–Trinajstić information content (AvgIpc) is 2.91. The van der Waals surface area contributed by atoms with Crippen LogP contribution in [0.2, 0.25) is 0 Å². The molecule has 5 heteroatoms. The van der Waals surface area contributed by atoms with Gasteiger partial charge in [-0.25, -0.2) is 4.79 Å². The van der Waals surface area contributed by atoms with E-state index in [0.29, 0.717) is 32.1 Å². The monoisotopic (exact) mass is 253 g/mol. The van der Waals surface area contributed by atoms with Crippen LogP contribution in [-0.2, 0) is 4.79 Å². The molecule has 2 aliphatic rings. The first-order chi connectivity index (χ1) is 8.59. The van der Waals surface area contributed by atoms with Crippen LogP contribution < -0.4 is 0 Å². The van der Waals surface area contributed by atoms with Gasteiger partial charge in [-0.2, -0.15) is 0 Å². The van der Waals surface area contributed by atoms with E-state index < -0.39 is 0 Å². The van der Waals surface area contributed by atoms with Gasteiger partial charge in [-0.3, -0.25) is 4.79 Å². The summed E-state index contributed by atoms with van der Waals surface area (Å²) in [6.45, 7) is 2.70. The van der Waals surface area contributed by atoms with Crippen LogP contribution in [0.5, 0.6) is 0 Å². The second kappa shape index (κ2) is 5.59. The van der Waals surface area contributed by atoms with Gasteiger partial charge >= 0.3 is 6.03 Å². The molecule has 0 spiro atoms. The molecule has 2 fully saturated rings. The van der Waals surface area contributed by atoms with E-state index >= 15 is 0 Å². The summed E-state index contributed by atoms with van der Waals surface area (Å²) in [7, 11) is 3.52. The second-order valence-corrected chi connectivity index (χ2v) is 5.47. The standard InChI is InChI=1S/C13H23N3O2/c1-14(2)13(18)16-9-7-15(8-10-16)12(17)11-5-3-4-6-11/h11H,3-10H2,1-2H3. The third kappa shape index (κ3) is 2.76. The maximum atomic E-state index is 12.2. The molecule has 0 atom stereocenters. The molecule has 3 amide bonds. The van der Waals surface area contributed by atoms with Crippen LogP contribution >= 0.6 is 0 Å². The summed E-state index contributed by atoms with van der Waals surface area (Å²) in [5.74, 6) is 0.561. The Kier molecular flexibility index (Phi) is 4.09. The number of carbonyl (C=O) groups is 2. The van der Waals surface area contributed by atoms with Gasteiger partial charge in [-0.1, -0.05) is 12.8 Å². The lowest BCUT2D eigenvalue weighted by Crippen LogP contribution is -2.53. The number of carbonyl (C=O) groups excluding carboxylic acids is 2. The van der Waals surface area contributed by atoms with Crippen molar-refractivity contribution in [2.75, 3.05) is 40.3 Å². The van der Waals surface area contributed by atoms with E-state index in [4.69, 9.17) is 0 Å². The number of hydrogen-bond acceptors (Lipinski definition) is 2. The summed E-state index contributed by atoms with van der Waals surface area (Å²) in [6.07, 6.45) is 4.48. The fourth-order valence-corrected chi connectivity index (χ4v) is 2.83. The van der Waals surface area contributed by atoms with Gasteiger partial charge in [0.15, 0.2) is 0 Å². The van der Waals surface area contributed by atoms with Gasteiger partial charge in [0.25, 0.3) is 0 Å². The molecule has 0 aromatic heterocycles. The van der Waals surface area contributed by atoms with Crippen molar-refractivity contribution in [2.24, 2.45) is 5.92 Å². The number of nitrogens with zero attached hydrogens (tertiary/aromatic N) is 3. The Morgan fingerprint density at radius 3 is 1.94 bits per heavy atom. The quantitative estimate of drug-likeness (QED) is 0.700. The van der Waals surface area contributed by atoms with Gasteiger partial charge in [-0.05, 0) is 12.8 Å². The summed E-state index contributed by atoms with van der Waals surface area (Å²) in [6, 6.07) is 0.0444. The van der Waals surface area contributed by atoms with Crippen LogP contribution in [0.3, 0.4) is 0 Å². The van der Waals surface area contributed by atoms with Gasteiger partial charge < -0.3 is 14.7 Å². The smallest absolute Gasteiger partial charge is 0.319 e. The minimum Gasteiger partial charge on any atom is -0.339 e. The molecule has 1 saturated carbocycles. The molecule has 0 unspecified atom stereocenters. The zero-order valence-corrected chi connectivity index (χ0v) is 11.4. The molecular formula is C13H23N3O2. The first-order valence-corrected chi connectivity index (χ1v) is 6.84. The molecule has 1 saturated heterocycles. The van der Waals surface area contributed by atoms with Crippen molar-refractivity contribution < 1.29 is 9.59 Å². The zero-order chi connectivity index (χ0) is 13.1. The second-order valence-electron chi connectivity index (χ2n) is 5.47. The van der Waals surface area contributed by atoms with E-state index in [9.17, 15) is 9.59 Å². The molecule has 1 aliphatic carbocycles. The number of urea groups is 1. The fourth-order valence-electron chi connectivity index (χ4n) is 2.83. The van der Waals surface area contributed by atoms with Crippen molar-refractivity contribution >= 4 is 11.9 Å². The predicted molar refractivity (Wildman–Crippen MR) is 69.2 cm³/mol. The summed E-state index contributed by atoms with van der Waals surface area (Å²) in [5, 5.41) is 0.